The van der Waals surface area contributed by atoms with Gasteiger partial charge in [0, 0.05) is 6.07 Å². The number of hydrogen-bond acceptors (Lipinski definition) is 7. The second-order valence-electron chi connectivity index (χ2n) is 5.02. The van der Waals surface area contributed by atoms with Crippen molar-refractivity contribution < 1.29 is 14.7 Å². The summed E-state index contributed by atoms with van der Waals surface area (Å²) in [6.07, 6.45) is 0. The lowest BCUT2D eigenvalue weighted by Gasteiger charge is -2.08. The van der Waals surface area contributed by atoms with Crippen LogP contribution in [0, 0.1) is 20.2 Å². The Bertz CT molecular complexity index is 1100. The lowest BCUT2D eigenvalue weighted by atomic mass is 10.2. The number of hydrogen-bond donors (Lipinski definition) is 0. The van der Waals surface area contributed by atoms with Crippen molar-refractivity contribution in [2.24, 2.45) is 0 Å². The summed E-state index contributed by atoms with van der Waals surface area (Å²) in [6.45, 7) is -0.360. The molecule has 0 aliphatic heterocycles. The van der Waals surface area contributed by atoms with Gasteiger partial charge in [0.15, 0.2) is 5.52 Å². The molecule has 0 saturated heterocycles. The molecule has 0 unspecified atom stereocenters. The molecule has 3 aromatic rings. The number of aromatic nitrogens is 3. The maximum atomic E-state index is 11.2. The van der Waals surface area contributed by atoms with Crippen LogP contribution in [0.15, 0.2) is 18.2 Å². The second-order valence-corrected chi connectivity index (χ2v) is 6.53. The lowest BCUT2D eigenvalue weighted by molar-refractivity contribution is -0.394. The van der Waals surface area contributed by atoms with Crippen molar-refractivity contribution in [3.63, 3.8) is 0 Å². The SMILES string of the molecule is O=[N+]([O-])c1ccc(COn2nnc3c(Cl)c(Cl)c(Cl)c(Cl)c32)c([N+](=O)[O-])c1. The molecule has 0 aliphatic carbocycles. The molecular weight excluding hydrogens is 448 g/mol. The summed E-state index contributed by atoms with van der Waals surface area (Å²) in [4.78, 5) is 26.7. The maximum Gasteiger partial charge on any atom is 0.283 e. The van der Waals surface area contributed by atoms with E-state index in [0.29, 0.717) is 0 Å². The molecule has 140 valence electrons. The summed E-state index contributed by atoms with van der Waals surface area (Å²) >= 11 is 24.1. The van der Waals surface area contributed by atoms with Crippen LogP contribution in [0.25, 0.3) is 11.0 Å². The highest BCUT2D eigenvalue weighted by atomic mass is 35.5. The molecule has 0 N–H and O–H groups in total. The Labute approximate surface area is 169 Å². The zero-order valence-corrected chi connectivity index (χ0v) is 15.8. The van der Waals surface area contributed by atoms with E-state index in [0.717, 1.165) is 17.0 Å². The van der Waals surface area contributed by atoms with E-state index in [1.807, 2.05) is 0 Å². The maximum absolute atomic E-state index is 11.2. The molecular formula is C13H5Cl4N5O5. The molecule has 0 amide bonds. The molecule has 10 nitrogen and oxygen atoms in total. The standard InChI is InChI=1S/C13H5Cl4N5O5/c14-8-9(15)11(17)13-12(10(8)16)18-19-20(13)27-4-5-1-2-6(21(23)24)3-7(5)22(25)26/h1-3H,4H2. The van der Waals surface area contributed by atoms with Crippen LogP contribution in [0.5, 0.6) is 0 Å². The van der Waals surface area contributed by atoms with Gasteiger partial charge in [0.2, 0.25) is 0 Å². The van der Waals surface area contributed by atoms with Crippen LogP contribution in [0.1, 0.15) is 5.56 Å². The topological polar surface area (TPSA) is 126 Å². The van der Waals surface area contributed by atoms with Crippen LogP contribution in [0.2, 0.25) is 20.1 Å². The fraction of sp³-hybridized carbons (Fsp3) is 0.0769. The van der Waals surface area contributed by atoms with Crippen LogP contribution in [-0.4, -0.2) is 25.0 Å². The number of rotatable bonds is 5. The number of benzene rings is 2. The number of non-ortho nitro benzene ring substituents is 1. The fourth-order valence-corrected chi connectivity index (χ4v) is 3.13. The normalized spacial score (nSPS) is 11.0. The van der Waals surface area contributed by atoms with Crippen molar-refractivity contribution in [2.75, 3.05) is 0 Å². The van der Waals surface area contributed by atoms with Crippen molar-refractivity contribution in [3.05, 3.63) is 64.1 Å². The van der Waals surface area contributed by atoms with Gasteiger partial charge < -0.3 is 4.84 Å². The van der Waals surface area contributed by atoms with Gasteiger partial charge in [-0.3, -0.25) is 20.2 Å². The lowest BCUT2D eigenvalue weighted by Crippen LogP contribution is -2.14. The molecule has 2 aromatic carbocycles. The third-order valence-electron chi connectivity index (χ3n) is 3.45. The molecule has 0 fully saturated rings. The average Bonchev–Trinajstić information content (AvgIpc) is 3.06. The van der Waals surface area contributed by atoms with Gasteiger partial charge in [-0.15, -0.1) is 5.10 Å². The van der Waals surface area contributed by atoms with Crippen LogP contribution in [-0.2, 0) is 6.61 Å². The van der Waals surface area contributed by atoms with Gasteiger partial charge in [-0.1, -0.05) is 51.2 Å². The zero-order chi connectivity index (χ0) is 19.9. The van der Waals surface area contributed by atoms with E-state index in [9.17, 15) is 20.2 Å². The van der Waals surface area contributed by atoms with E-state index in [1.165, 1.54) is 6.07 Å². The number of fused-ring (bicyclic) bond motifs is 1. The first kappa shape index (κ1) is 19.4. The van der Waals surface area contributed by atoms with E-state index in [1.54, 1.807) is 0 Å². The van der Waals surface area contributed by atoms with Gasteiger partial charge in [-0.2, -0.15) is 0 Å². The molecule has 0 radical (unpaired) electrons. The van der Waals surface area contributed by atoms with Crippen molar-refractivity contribution >= 4 is 68.8 Å². The van der Waals surface area contributed by atoms with Crippen molar-refractivity contribution in [2.45, 2.75) is 6.61 Å². The van der Waals surface area contributed by atoms with Crippen LogP contribution >= 0.6 is 46.4 Å². The van der Waals surface area contributed by atoms with E-state index < -0.39 is 21.2 Å². The quantitative estimate of drug-likeness (QED) is 0.241. The van der Waals surface area contributed by atoms with Crippen LogP contribution in [0.4, 0.5) is 11.4 Å². The summed E-state index contributed by atoms with van der Waals surface area (Å²) in [5.74, 6) is 0. The van der Waals surface area contributed by atoms with Crippen molar-refractivity contribution in [1.82, 2.24) is 15.2 Å². The minimum Gasteiger partial charge on any atom is -0.390 e. The third-order valence-corrected chi connectivity index (χ3v) is 5.24. The predicted octanol–water partition coefficient (Wildman–Crippen LogP) is 4.49. The van der Waals surface area contributed by atoms with Crippen LogP contribution in [0.3, 0.4) is 0 Å². The molecule has 1 heterocycles. The number of nitrogens with zero attached hydrogens (tertiary/aromatic N) is 5. The molecule has 1 aromatic heterocycles. The van der Waals surface area contributed by atoms with Gasteiger partial charge in [0.05, 0.1) is 41.6 Å². The monoisotopic (exact) mass is 451 g/mol. The third kappa shape index (κ3) is 3.44. The predicted molar refractivity (Wildman–Crippen MR) is 97.6 cm³/mol. The Kier molecular flexibility index (Phi) is 5.24. The summed E-state index contributed by atoms with van der Waals surface area (Å²) < 4.78 is 0. The molecule has 0 atom stereocenters. The molecule has 27 heavy (non-hydrogen) atoms. The molecule has 3 rings (SSSR count). The largest absolute Gasteiger partial charge is 0.390 e. The average molecular weight is 453 g/mol. The smallest absolute Gasteiger partial charge is 0.283 e. The Morgan fingerprint density at radius 1 is 1.00 bits per heavy atom. The Hall–Kier alpha value is -2.40. The molecule has 14 heteroatoms. The summed E-state index contributed by atoms with van der Waals surface area (Å²) in [5, 5.41) is 29.4. The Balaban J connectivity index is 1.99. The molecule has 0 spiro atoms. The van der Waals surface area contributed by atoms with E-state index in [4.69, 9.17) is 51.2 Å². The number of halogens is 4. The molecule has 0 saturated carbocycles. The van der Waals surface area contributed by atoms with Gasteiger partial charge in [-0.25, -0.2) is 0 Å². The van der Waals surface area contributed by atoms with Crippen molar-refractivity contribution in [3.8, 4) is 0 Å². The summed E-state index contributed by atoms with van der Waals surface area (Å²) in [5.41, 5.74) is -0.613. The highest BCUT2D eigenvalue weighted by Gasteiger charge is 2.23. The number of nitro groups is 2. The van der Waals surface area contributed by atoms with Crippen molar-refractivity contribution in [1.29, 1.82) is 0 Å². The summed E-state index contributed by atoms with van der Waals surface area (Å²) in [7, 11) is 0. The zero-order valence-electron chi connectivity index (χ0n) is 12.7. The van der Waals surface area contributed by atoms with E-state index in [-0.39, 0.29) is 43.3 Å². The first-order chi connectivity index (χ1) is 12.7. The van der Waals surface area contributed by atoms with Gasteiger partial charge in [0.25, 0.3) is 11.4 Å². The Morgan fingerprint density at radius 2 is 1.67 bits per heavy atom. The minimum absolute atomic E-state index is 0.00566. The summed E-state index contributed by atoms with van der Waals surface area (Å²) in [6, 6.07) is 3.15. The molecule has 0 aliphatic rings. The molecule has 0 bridgehead atoms. The van der Waals surface area contributed by atoms with Gasteiger partial charge in [0.1, 0.15) is 12.1 Å². The van der Waals surface area contributed by atoms with E-state index >= 15 is 0 Å². The first-order valence-electron chi connectivity index (χ1n) is 6.84. The second kappa shape index (κ2) is 7.31. The number of nitro benzene ring substituents is 2. The Morgan fingerprint density at radius 3 is 2.30 bits per heavy atom. The minimum atomic E-state index is -0.758. The highest BCUT2D eigenvalue weighted by Crippen LogP contribution is 2.41. The van der Waals surface area contributed by atoms with Crippen LogP contribution < -0.4 is 4.84 Å². The van der Waals surface area contributed by atoms with Gasteiger partial charge in [-0.05, 0) is 11.3 Å². The van der Waals surface area contributed by atoms with E-state index in [2.05, 4.69) is 10.3 Å². The fourth-order valence-electron chi connectivity index (χ4n) is 2.18. The first-order valence-corrected chi connectivity index (χ1v) is 8.36. The highest BCUT2D eigenvalue weighted by molar-refractivity contribution is 6.54. The van der Waals surface area contributed by atoms with Gasteiger partial charge >= 0.3 is 0 Å².